The van der Waals surface area contributed by atoms with E-state index in [2.05, 4.69) is 29.5 Å². The minimum atomic E-state index is 0.644. The number of nitriles is 1. The van der Waals surface area contributed by atoms with Crippen LogP contribution < -0.4 is 5.73 Å². The highest BCUT2D eigenvalue weighted by molar-refractivity contribution is 5.71. The van der Waals surface area contributed by atoms with E-state index in [-0.39, 0.29) is 0 Å². The topological polar surface area (TPSA) is 67.6 Å². The Morgan fingerprint density at radius 3 is 2.47 bits per heavy atom. The molecule has 1 heterocycles. The maximum atomic E-state index is 8.82. The van der Waals surface area contributed by atoms with Crippen LogP contribution in [0.4, 0.5) is 5.82 Å². The van der Waals surface area contributed by atoms with Crippen LogP contribution >= 0.6 is 0 Å². The molecular formula is C15H18N4. The first kappa shape index (κ1) is 13.2. The van der Waals surface area contributed by atoms with Gasteiger partial charge in [-0.1, -0.05) is 26.0 Å². The number of aryl methyl sites for hydroxylation is 1. The van der Waals surface area contributed by atoms with E-state index in [0.717, 1.165) is 36.5 Å². The summed E-state index contributed by atoms with van der Waals surface area (Å²) in [4.78, 5) is 4.63. The zero-order valence-electron chi connectivity index (χ0n) is 11.3. The first-order valence-corrected chi connectivity index (χ1v) is 6.56. The van der Waals surface area contributed by atoms with E-state index in [4.69, 9.17) is 11.0 Å². The molecule has 0 saturated heterocycles. The number of hydrogen-bond acceptors (Lipinski definition) is 3. The Morgan fingerprint density at radius 2 is 1.95 bits per heavy atom. The van der Waals surface area contributed by atoms with Crippen LogP contribution in [0.2, 0.25) is 0 Å². The van der Waals surface area contributed by atoms with E-state index in [1.165, 1.54) is 0 Å². The molecule has 0 saturated carbocycles. The second-order valence-electron chi connectivity index (χ2n) is 4.46. The molecule has 4 nitrogen and oxygen atoms in total. The molecule has 0 aliphatic heterocycles. The fourth-order valence-corrected chi connectivity index (χ4v) is 2.17. The third kappa shape index (κ3) is 2.45. The van der Waals surface area contributed by atoms with Gasteiger partial charge in [0.05, 0.1) is 11.6 Å². The van der Waals surface area contributed by atoms with Gasteiger partial charge in [-0.15, -0.1) is 0 Å². The van der Waals surface area contributed by atoms with Crippen molar-refractivity contribution in [1.29, 1.82) is 5.26 Å². The summed E-state index contributed by atoms with van der Waals surface area (Å²) >= 11 is 0. The lowest BCUT2D eigenvalue weighted by Crippen LogP contribution is -2.06. The van der Waals surface area contributed by atoms with Crippen LogP contribution in [-0.2, 0) is 13.0 Å². The number of imidazole rings is 1. The van der Waals surface area contributed by atoms with Crippen molar-refractivity contribution in [2.45, 2.75) is 33.2 Å². The number of rotatable bonds is 4. The van der Waals surface area contributed by atoms with Gasteiger partial charge in [-0.25, -0.2) is 4.98 Å². The number of nitrogen functional groups attached to an aromatic ring is 1. The van der Waals surface area contributed by atoms with Crippen molar-refractivity contribution in [2.75, 3.05) is 5.73 Å². The van der Waals surface area contributed by atoms with Gasteiger partial charge >= 0.3 is 0 Å². The molecule has 0 bridgehead atoms. The Kier molecular flexibility index (Phi) is 3.86. The molecule has 0 aliphatic carbocycles. The molecule has 0 aliphatic rings. The van der Waals surface area contributed by atoms with Gasteiger partial charge < -0.3 is 10.3 Å². The summed E-state index contributed by atoms with van der Waals surface area (Å²) < 4.78 is 2.08. The Morgan fingerprint density at radius 1 is 1.26 bits per heavy atom. The molecule has 0 spiro atoms. The lowest BCUT2D eigenvalue weighted by Gasteiger charge is -2.06. The molecule has 0 fully saturated rings. The molecule has 2 aromatic rings. The van der Waals surface area contributed by atoms with E-state index in [9.17, 15) is 0 Å². The van der Waals surface area contributed by atoms with Crippen LogP contribution in [0.3, 0.4) is 0 Å². The molecule has 98 valence electrons. The SMILES string of the molecule is CCCn1c(CC)nc(-c2ccc(C#N)cc2)c1N. The van der Waals surface area contributed by atoms with Crippen molar-refractivity contribution in [3.05, 3.63) is 35.7 Å². The maximum Gasteiger partial charge on any atom is 0.131 e. The molecule has 19 heavy (non-hydrogen) atoms. The maximum absolute atomic E-state index is 8.82. The molecular weight excluding hydrogens is 236 g/mol. The molecule has 0 atom stereocenters. The van der Waals surface area contributed by atoms with Crippen molar-refractivity contribution in [2.24, 2.45) is 0 Å². The van der Waals surface area contributed by atoms with Crippen LogP contribution in [0.1, 0.15) is 31.7 Å². The van der Waals surface area contributed by atoms with Crippen molar-refractivity contribution < 1.29 is 0 Å². The number of nitrogens with zero attached hydrogens (tertiary/aromatic N) is 3. The Balaban J connectivity index is 2.47. The van der Waals surface area contributed by atoms with Crippen molar-refractivity contribution in [3.63, 3.8) is 0 Å². The first-order valence-electron chi connectivity index (χ1n) is 6.56. The molecule has 2 rings (SSSR count). The summed E-state index contributed by atoms with van der Waals surface area (Å²) in [5.74, 6) is 1.72. The Labute approximate surface area is 113 Å². The van der Waals surface area contributed by atoms with Gasteiger partial charge in [0.2, 0.25) is 0 Å². The van der Waals surface area contributed by atoms with Crippen LogP contribution in [0, 0.1) is 11.3 Å². The molecule has 0 amide bonds. The summed E-state index contributed by atoms with van der Waals surface area (Å²) in [7, 11) is 0. The molecule has 0 radical (unpaired) electrons. The highest BCUT2D eigenvalue weighted by atomic mass is 15.1. The highest BCUT2D eigenvalue weighted by Crippen LogP contribution is 2.27. The van der Waals surface area contributed by atoms with Gasteiger partial charge in [0.15, 0.2) is 0 Å². The van der Waals surface area contributed by atoms with Gasteiger partial charge in [0, 0.05) is 18.5 Å². The number of anilines is 1. The summed E-state index contributed by atoms with van der Waals surface area (Å²) in [6.45, 7) is 5.09. The molecule has 2 N–H and O–H groups in total. The number of hydrogen-bond donors (Lipinski definition) is 1. The average Bonchev–Trinajstić information content (AvgIpc) is 2.76. The van der Waals surface area contributed by atoms with E-state index >= 15 is 0 Å². The first-order chi connectivity index (χ1) is 9.21. The fourth-order valence-electron chi connectivity index (χ4n) is 2.17. The smallest absolute Gasteiger partial charge is 0.131 e. The Hall–Kier alpha value is -2.28. The van der Waals surface area contributed by atoms with Gasteiger partial charge in [0.25, 0.3) is 0 Å². The molecule has 1 aromatic heterocycles. The zero-order chi connectivity index (χ0) is 13.8. The lowest BCUT2D eigenvalue weighted by atomic mass is 10.1. The summed E-state index contributed by atoms with van der Waals surface area (Å²) in [6, 6.07) is 9.48. The average molecular weight is 254 g/mol. The van der Waals surface area contributed by atoms with E-state index in [1.54, 1.807) is 12.1 Å². The van der Waals surface area contributed by atoms with Crippen LogP contribution in [0.25, 0.3) is 11.3 Å². The summed E-state index contributed by atoms with van der Waals surface area (Å²) in [5.41, 5.74) is 8.62. The molecule has 1 aromatic carbocycles. The third-order valence-electron chi connectivity index (χ3n) is 3.14. The third-order valence-corrected chi connectivity index (χ3v) is 3.14. The van der Waals surface area contributed by atoms with Crippen molar-refractivity contribution in [1.82, 2.24) is 9.55 Å². The number of aromatic nitrogens is 2. The Bertz CT molecular complexity index is 602. The van der Waals surface area contributed by atoms with Gasteiger partial charge in [0.1, 0.15) is 17.3 Å². The number of benzene rings is 1. The summed E-state index contributed by atoms with van der Waals surface area (Å²) in [6.07, 6.45) is 1.89. The van der Waals surface area contributed by atoms with E-state index in [1.807, 2.05) is 12.1 Å². The highest BCUT2D eigenvalue weighted by Gasteiger charge is 2.14. The minimum absolute atomic E-state index is 0.644. The monoisotopic (exact) mass is 254 g/mol. The zero-order valence-corrected chi connectivity index (χ0v) is 11.3. The van der Waals surface area contributed by atoms with Crippen molar-refractivity contribution in [3.8, 4) is 17.3 Å². The quantitative estimate of drug-likeness (QED) is 0.912. The standard InChI is InChI=1S/C15H18N4/c1-3-9-19-13(4-2)18-14(15(19)17)12-7-5-11(10-16)6-8-12/h5-8H,3-4,9,17H2,1-2H3. The lowest BCUT2D eigenvalue weighted by molar-refractivity contribution is 0.650. The van der Waals surface area contributed by atoms with Gasteiger partial charge in [-0.3, -0.25) is 0 Å². The second-order valence-corrected chi connectivity index (χ2v) is 4.46. The minimum Gasteiger partial charge on any atom is -0.383 e. The summed E-state index contributed by atoms with van der Waals surface area (Å²) in [5, 5.41) is 8.82. The predicted molar refractivity (Wildman–Crippen MR) is 76.5 cm³/mol. The normalized spacial score (nSPS) is 10.4. The molecule has 4 heteroatoms. The number of nitrogens with two attached hydrogens (primary N) is 1. The van der Waals surface area contributed by atoms with Crippen LogP contribution in [-0.4, -0.2) is 9.55 Å². The second kappa shape index (κ2) is 5.57. The predicted octanol–water partition coefficient (Wildman–Crippen LogP) is 2.98. The molecule has 0 unspecified atom stereocenters. The van der Waals surface area contributed by atoms with Crippen LogP contribution in [0.15, 0.2) is 24.3 Å². The van der Waals surface area contributed by atoms with Gasteiger partial charge in [-0.2, -0.15) is 5.26 Å². The van der Waals surface area contributed by atoms with E-state index < -0.39 is 0 Å². The largest absolute Gasteiger partial charge is 0.383 e. The van der Waals surface area contributed by atoms with E-state index in [0.29, 0.717) is 11.4 Å². The van der Waals surface area contributed by atoms with Crippen molar-refractivity contribution >= 4 is 5.82 Å². The van der Waals surface area contributed by atoms with Gasteiger partial charge in [-0.05, 0) is 18.6 Å². The fraction of sp³-hybridized carbons (Fsp3) is 0.333. The van der Waals surface area contributed by atoms with Crippen LogP contribution in [0.5, 0.6) is 0 Å².